The van der Waals surface area contributed by atoms with Crippen LogP contribution in [-0.4, -0.2) is 64.8 Å². The molecule has 0 aliphatic rings. The van der Waals surface area contributed by atoms with E-state index < -0.39 is 72.0 Å². The number of carbonyl (C=O) groups is 7. The average molecular weight is 744 g/mol. The van der Waals surface area contributed by atoms with Gasteiger partial charge in [-0.15, -0.1) is 0 Å². The van der Waals surface area contributed by atoms with Gasteiger partial charge in [-0.3, -0.25) is 28.8 Å². The highest BCUT2D eigenvalue weighted by Crippen LogP contribution is 2.17. The molecule has 54 heavy (non-hydrogen) atoms. The summed E-state index contributed by atoms with van der Waals surface area (Å²) in [5.74, 6) is -5.25. The Morgan fingerprint density at radius 3 is 2.06 bits per heavy atom. The summed E-state index contributed by atoms with van der Waals surface area (Å²) < 4.78 is 0. The van der Waals surface area contributed by atoms with E-state index in [1.54, 1.807) is 50.2 Å². The van der Waals surface area contributed by atoms with E-state index in [4.69, 9.17) is 5.73 Å². The molecule has 0 fully saturated rings. The molecule has 3 aromatic rings. The fourth-order valence-electron chi connectivity index (χ4n) is 5.39. The number of carbonyl (C=O) groups excluding carboxylic acids is 6. The summed E-state index contributed by atoms with van der Waals surface area (Å²) in [5, 5.41) is 25.5. The van der Waals surface area contributed by atoms with Crippen molar-refractivity contribution >= 4 is 58.6 Å². The van der Waals surface area contributed by atoms with Gasteiger partial charge in [-0.2, -0.15) is 0 Å². The predicted molar refractivity (Wildman–Crippen MR) is 205 cm³/mol. The molecule has 3 aromatic carbocycles. The van der Waals surface area contributed by atoms with Crippen molar-refractivity contribution in [1.29, 1.82) is 0 Å². The van der Waals surface area contributed by atoms with Crippen molar-refractivity contribution < 1.29 is 38.7 Å². The first kappa shape index (κ1) is 42.2. The lowest BCUT2D eigenvalue weighted by Gasteiger charge is -2.27. The van der Waals surface area contributed by atoms with Crippen LogP contribution in [0.15, 0.2) is 72.8 Å². The van der Waals surface area contributed by atoms with Crippen molar-refractivity contribution in [3.8, 4) is 0 Å². The van der Waals surface area contributed by atoms with E-state index in [9.17, 15) is 38.7 Å². The fraction of sp³-hybridized carbons (Fsp3) is 0.359. The zero-order valence-corrected chi connectivity index (χ0v) is 30.9. The summed E-state index contributed by atoms with van der Waals surface area (Å²) in [5.41, 5.74) is 8.45. The highest BCUT2D eigenvalue weighted by atomic mass is 16.4. The molecule has 0 aromatic heterocycles. The third kappa shape index (κ3) is 13.4. The predicted octanol–water partition coefficient (Wildman–Crippen LogP) is 4.08. The number of hydrogen-bond acceptors (Lipinski definition) is 7. The fourth-order valence-corrected chi connectivity index (χ4v) is 5.39. The molecule has 0 saturated carbocycles. The van der Waals surface area contributed by atoms with Gasteiger partial charge in [0, 0.05) is 22.6 Å². The molecule has 0 heterocycles. The first-order valence-corrected chi connectivity index (χ1v) is 17.8. The maximum Gasteiger partial charge on any atom is 0.323 e. The number of aryl methyl sites for hydroxylation is 1. The van der Waals surface area contributed by atoms with E-state index in [2.05, 4.69) is 31.9 Å². The Morgan fingerprint density at radius 1 is 0.741 bits per heavy atom. The average Bonchev–Trinajstić information content (AvgIpc) is 3.13. The van der Waals surface area contributed by atoms with Gasteiger partial charge >= 0.3 is 12.0 Å². The van der Waals surface area contributed by atoms with E-state index >= 15 is 0 Å². The highest BCUT2D eigenvalue weighted by Gasteiger charge is 2.33. The Morgan fingerprint density at radius 2 is 1.43 bits per heavy atom. The number of benzene rings is 3. The van der Waals surface area contributed by atoms with E-state index in [-0.39, 0.29) is 24.1 Å². The van der Waals surface area contributed by atoms with Crippen LogP contribution < -0.4 is 37.6 Å². The molecule has 0 saturated heterocycles. The molecular formula is C39H49N7O8. The minimum absolute atomic E-state index is 0.0985. The van der Waals surface area contributed by atoms with Crippen LogP contribution in [0, 0.1) is 12.8 Å². The van der Waals surface area contributed by atoms with Gasteiger partial charge in [0.2, 0.25) is 29.5 Å². The van der Waals surface area contributed by atoms with Gasteiger partial charge in [-0.05, 0) is 66.8 Å². The summed E-state index contributed by atoms with van der Waals surface area (Å²) in [6, 6.07) is 15.7. The normalized spacial score (nSPS) is 12.9. The summed E-state index contributed by atoms with van der Waals surface area (Å²) in [7, 11) is 0. The number of para-hydroxylation sites is 1. The Bertz CT molecular complexity index is 1810. The van der Waals surface area contributed by atoms with E-state index in [0.29, 0.717) is 36.2 Å². The number of carboxylic acids is 1. The molecule has 15 heteroatoms. The molecule has 0 aliphatic carbocycles. The zero-order valence-electron chi connectivity index (χ0n) is 30.9. The SMILES string of the molecule is CCCC[C@H](NC(=O)Cc1ccc(NC(=O)Nc2ccccc2C)cc1)C(=O)N[C@@H](CC(=O)O)C(=O)N[C@H](C(=O)Nc1cccc(C(N)=O)c1)C(C)CC. The Balaban J connectivity index is 1.66. The number of nitrogens with one attached hydrogen (secondary N) is 6. The van der Waals surface area contributed by atoms with Gasteiger partial charge in [0.05, 0.1) is 12.8 Å². The maximum atomic E-state index is 13.5. The standard InChI is InChI=1S/C39H49N7O8/c1-5-7-14-30(43-32(47)20-25-16-18-27(19-17-25)42-39(54)45-29-15-9-8-11-24(29)4)36(51)44-31(22-33(48)49)37(52)46-34(23(3)6-2)38(53)41-28-13-10-12-26(21-28)35(40)50/h8-13,15-19,21,23,30-31,34H,5-7,14,20,22H2,1-4H3,(H2,40,50)(H,41,53)(H,43,47)(H,44,51)(H,46,52)(H,48,49)(H2,42,45,54)/t23?,30-,31-,34-/m0/s1. The molecule has 15 nitrogen and oxygen atoms in total. The summed E-state index contributed by atoms with van der Waals surface area (Å²) in [6.07, 6.45) is 1.04. The number of amides is 7. The van der Waals surface area contributed by atoms with Gasteiger partial charge in [0.1, 0.15) is 18.1 Å². The minimum Gasteiger partial charge on any atom is -0.481 e. The van der Waals surface area contributed by atoms with Crippen molar-refractivity contribution in [1.82, 2.24) is 16.0 Å². The third-order valence-electron chi connectivity index (χ3n) is 8.69. The van der Waals surface area contributed by atoms with Gasteiger partial charge in [-0.25, -0.2) is 4.79 Å². The molecule has 1 unspecified atom stereocenters. The van der Waals surface area contributed by atoms with Gasteiger partial charge in [0.15, 0.2) is 0 Å². The van der Waals surface area contributed by atoms with Crippen LogP contribution in [-0.2, 0) is 30.4 Å². The van der Waals surface area contributed by atoms with Crippen LogP contribution in [0.4, 0.5) is 21.9 Å². The lowest BCUT2D eigenvalue weighted by Crippen LogP contribution is -2.57. The maximum absolute atomic E-state index is 13.5. The Kier molecular flexibility index (Phi) is 16.2. The molecule has 9 N–H and O–H groups in total. The second-order valence-electron chi connectivity index (χ2n) is 13.0. The summed E-state index contributed by atoms with van der Waals surface area (Å²) >= 11 is 0. The van der Waals surface area contributed by atoms with Crippen molar-refractivity contribution in [2.75, 3.05) is 16.0 Å². The number of primary amides is 1. The van der Waals surface area contributed by atoms with Crippen molar-refractivity contribution in [3.05, 3.63) is 89.5 Å². The molecular weight excluding hydrogens is 694 g/mol. The van der Waals surface area contributed by atoms with Crippen LogP contribution in [0.2, 0.25) is 0 Å². The number of urea groups is 1. The van der Waals surface area contributed by atoms with Gasteiger partial charge in [0.25, 0.3) is 0 Å². The van der Waals surface area contributed by atoms with E-state index in [1.807, 2.05) is 32.0 Å². The minimum atomic E-state index is -1.57. The first-order valence-electron chi connectivity index (χ1n) is 17.8. The number of aliphatic carboxylic acids is 1. The molecule has 4 atom stereocenters. The lowest BCUT2D eigenvalue weighted by molar-refractivity contribution is -0.141. The third-order valence-corrected chi connectivity index (χ3v) is 8.69. The van der Waals surface area contributed by atoms with Crippen LogP contribution in [0.1, 0.15) is 74.4 Å². The number of nitrogens with two attached hydrogens (primary N) is 1. The first-order chi connectivity index (χ1) is 25.7. The van der Waals surface area contributed by atoms with Crippen LogP contribution in [0.5, 0.6) is 0 Å². The van der Waals surface area contributed by atoms with Crippen LogP contribution in [0.25, 0.3) is 0 Å². The second-order valence-corrected chi connectivity index (χ2v) is 13.0. The molecule has 0 aliphatic heterocycles. The molecule has 0 spiro atoms. The molecule has 288 valence electrons. The monoisotopic (exact) mass is 743 g/mol. The molecule has 3 rings (SSSR count). The van der Waals surface area contributed by atoms with Crippen molar-refractivity contribution in [2.24, 2.45) is 11.7 Å². The lowest BCUT2D eigenvalue weighted by atomic mass is 9.97. The number of carboxylic acid groups (broad SMARTS) is 1. The quantitative estimate of drug-likeness (QED) is 0.0888. The topological polar surface area (TPSA) is 238 Å². The summed E-state index contributed by atoms with van der Waals surface area (Å²) in [4.78, 5) is 89.3. The number of anilines is 3. The van der Waals surface area contributed by atoms with Crippen molar-refractivity contribution in [3.63, 3.8) is 0 Å². The van der Waals surface area contributed by atoms with Gasteiger partial charge < -0.3 is 42.7 Å². The Hall–Kier alpha value is -6.25. The zero-order chi connectivity index (χ0) is 39.8. The number of hydrogen-bond donors (Lipinski definition) is 8. The van der Waals surface area contributed by atoms with Crippen LogP contribution >= 0.6 is 0 Å². The molecule has 7 amide bonds. The van der Waals surface area contributed by atoms with Gasteiger partial charge in [-0.1, -0.05) is 76.4 Å². The highest BCUT2D eigenvalue weighted by molar-refractivity contribution is 6.02. The van der Waals surface area contributed by atoms with E-state index in [1.165, 1.54) is 18.2 Å². The van der Waals surface area contributed by atoms with E-state index in [0.717, 1.165) is 5.56 Å². The Labute approximate surface area is 314 Å². The smallest absolute Gasteiger partial charge is 0.323 e. The number of unbranched alkanes of at least 4 members (excludes halogenated alkanes) is 1. The number of rotatable bonds is 19. The second kappa shape index (κ2) is 20.7. The summed E-state index contributed by atoms with van der Waals surface area (Å²) in [6.45, 7) is 7.30. The molecule has 0 radical (unpaired) electrons. The largest absolute Gasteiger partial charge is 0.481 e. The molecule has 0 bridgehead atoms. The van der Waals surface area contributed by atoms with Crippen molar-refractivity contribution in [2.45, 2.75) is 84.3 Å². The van der Waals surface area contributed by atoms with Crippen LogP contribution in [0.3, 0.4) is 0 Å².